The number of phenols is 2. The van der Waals surface area contributed by atoms with Crippen molar-refractivity contribution in [2.45, 2.75) is 104 Å². The number of rotatable bonds is 0. The normalized spacial score (nSPS) is 18.2. The molecule has 0 aliphatic rings. The Morgan fingerprint density at radius 3 is 1.37 bits per heavy atom. The quantitative estimate of drug-likeness (QED) is 0.235. The topological polar surface area (TPSA) is 40.5 Å². The molecule has 0 aromatic heterocycles. The summed E-state index contributed by atoms with van der Waals surface area (Å²) in [6.07, 6.45) is 0. The Morgan fingerprint density at radius 1 is 0.657 bits per heavy atom. The Morgan fingerprint density at radius 2 is 1.06 bits per heavy atom. The van der Waals surface area contributed by atoms with Crippen LogP contribution >= 0.6 is 41.7 Å². The zero-order chi connectivity index (χ0) is 38.4. The van der Waals surface area contributed by atoms with Crippen molar-refractivity contribution in [3.05, 3.63) is 59.2 Å². The summed E-state index contributed by atoms with van der Waals surface area (Å²) in [6, 6.07) is 11.9. The number of hydrogen-bond acceptors (Lipinski definition) is 2. The van der Waals surface area contributed by atoms with E-state index in [0.717, 1.165) is 19.4 Å². The minimum Gasteiger partial charge on any atom is -0.508 e. The lowest BCUT2D eigenvalue weighted by Crippen LogP contribution is -2.16. The van der Waals surface area contributed by atoms with Gasteiger partial charge in [-0.3, -0.25) is 0 Å². The Hall–Kier alpha value is -0.268. The molecule has 0 unspecified atom stereocenters. The first-order chi connectivity index (χ1) is 20.4. The van der Waals surface area contributed by atoms with Crippen LogP contribution in [0.5, 0.6) is 11.5 Å². The zero-order valence-corrected chi connectivity index (χ0v) is 25.7. The summed E-state index contributed by atoms with van der Waals surface area (Å²) in [5, 5.41) is 19.1. The van der Waals surface area contributed by atoms with Crippen molar-refractivity contribution in [3.8, 4) is 11.5 Å². The Balaban J connectivity index is 0. The number of benzene rings is 2. The van der Waals surface area contributed by atoms with Crippen LogP contribution in [0.1, 0.15) is 116 Å². The molecular formula is C28H45AlCl4O2. The first kappa shape index (κ1) is 19.8. The summed E-state index contributed by atoms with van der Waals surface area (Å²) in [6.45, 7) is 3.54. The Kier molecular flexibility index (Phi) is 8.59. The molecule has 200 valence electrons. The minimum atomic E-state index is -2.77. The molecule has 0 atom stereocenters. The molecule has 0 aliphatic carbocycles. The third-order valence-corrected chi connectivity index (χ3v) is 4.13. The summed E-state index contributed by atoms with van der Waals surface area (Å²) in [7, 11) is 14.8. The van der Waals surface area contributed by atoms with Crippen LogP contribution in [0.2, 0.25) is 0 Å². The Labute approximate surface area is 253 Å². The molecule has 0 saturated carbocycles. The fourth-order valence-corrected chi connectivity index (χ4v) is 2.36. The van der Waals surface area contributed by atoms with Crippen LogP contribution in [-0.4, -0.2) is 26.5 Å². The van der Waals surface area contributed by atoms with Crippen molar-refractivity contribution in [2.24, 2.45) is 0 Å². The average molecular weight is 595 g/mol. The highest BCUT2D eigenvalue weighted by Crippen LogP contribution is 2.34. The Bertz CT molecular complexity index is 1210. The number of aromatic hydroxyl groups is 2. The molecule has 2 N–H and O–H groups in total. The molecule has 2 rings (SSSR count). The fraction of sp³-hybridized carbons (Fsp3) is 0.571. The van der Waals surface area contributed by atoms with Gasteiger partial charge in [0.05, 0.1) is 0 Å². The molecule has 0 spiro atoms. The highest BCUT2D eigenvalue weighted by molar-refractivity contribution is 7.54. The third-order valence-electron chi connectivity index (χ3n) is 4.13. The molecule has 2 aromatic carbocycles. The van der Waals surface area contributed by atoms with Gasteiger partial charge in [-0.25, -0.2) is 30.1 Å². The summed E-state index contributed by atoms with van der Waals surface area (Å²) in [5.41, 5.74) is -0.286. The zero-order valence-electron chi connectivity index (χ0n) is 33.5. The largest absolute Gasteiger partial charge is 0.643 e. The first-order valence-electron chi connectivity index (χ1n) is 16.6. The maximum absolute atomic E-state index is 10.1. The molecule has 0 saturated heterocycles. The third kappa shape index (κ3) is 20.5. The van der Waals surface area contributed by atoms with Gasteiger partial charge in [0.2, 0.25) is 0 Å². The second-order valence-electron chi connectivity index (χ2n) is 10.2. The van der Waals surface area contributed by atoms with Crippen molar-refractivity contribution in [3.63, 3.8) is 0 Å². The van der Waals surface area contributed by atoms with Gasteiger partial charge >= 0.3 is 11.4 Å². The van der Waals surface area contributed by atoms with Crippen LogP contribution in [0, 0.1) is 0 Å². The predicted molar refractivity (Wildman–Crippen MR) is 161 cm³/mol. The van der Waals surface area contributed by atoms with E-state index in [0.29, 0.717) is 5.75 Å². The molecular weight excluding hydrogens is 537 g/mol. The van der Waals surface area contributed by atoms with Gasteiger partial charge in [0.15, 0.2) is 0 Å². The SMILES string of the molecule is CC(C)(C)c1ccc(O)cc1.[2H]C([2H])([2H])C(C)(Cl)C([2H])([2H])[2H].[2H]C([2H])([2H])C(C)(c1cc(C(C)(C)C)ccc1O)C([2H])([2H])[2H].[Cl][Al]([Cl])[Cl]. The van der Waals surface area contributed by atoms with Crippen molar-refractivity contribution >= 4 is 53.1 Å². The van der Waals surface area contributed by atoms with E-state index < -0.39 is 49.1 Å². The van der Waals surface area contributed by atoms with Crippen LogP contribution in [-0.2, 0) is 16.2 Å². The first-order valence-corrected chi connectivity index (χ1v) is 16.2. The van der Waals surface area contributed by atoms with E-state index in [1.54, 1.807) is 18.2 Å². The van der Waals surface area contributed by atoms with Crippen molar-refractivity contribution < 1.29 is 26.7 Å². The van der Waals surface area contributed by atoms with Gasteiger partial charge in [-0.1, -0.05) is 86.4 Å². The summed E-state index contributed by atoms with van der Waals surface area (Å²) in [5.74, 6) is 0.0238. The summed E-state index contributed by atoms with van der Waals surface area (Å²) < 4.78 is 87.0. The molecule has 35 heavy (non-hydrogen) atoms. The van der Waals surface area contributed by atoms with Gasteiger partial charge < -0.3 is 10.2 Å². The molecule has 7 heteroatoms. The molecule has 2 aromatic rings. The number of alkyl halides is 1. The second-order valence-corrected chi connectivity index (χ2v) is 17.3. The standard InChI is InChI=1S/C14H22O.C10H14O.C4H9Cl.Al.3ClH/c1-13(2,3)10-7-8-12(15)11(9-10)14(4,5)6;1-10(2,3)8-4-6-9(11)7-5-8;1-4(2,3)5;;;;/h7-9,15H,1-6H3;4-7,11H,1-3H3;1-3H3;;3*1H/q;;;+3;;;/p-3/i4D3,5D3;;1D3,2D3;;;;. The lowest BCUT2D eigenvalue weighted by Gasteiger charge is -2.25. The van der Waals surface area contributed by atoms with Crippen LogP contribution in [0.15, 0.2) is 42.5 Å². The maximum Gasteiger partial charge on any atom is 0.643 e. The van der Waals surface area contributed by atoms with Crippen molar-refractivity contribution in [1.29, 1.82) is 0 Å². The number of halogens is 4. The molecule has 0 heterocycles. The molecule has 2 nitrogen and oxygen atoms in total. The van der Waals surface area contributed by atoms with E-state index in [4.69, 9.17) is 63.3 Å². The van der Waals surface area contributed by atoms with Crippen LogP contribution in [0.3, 0.4) is 0 Å². The lowest BCUT2D eigenvalue weighted by molar-refractivity contribution is 0.444. The predicted octanol–water partition coefficient (Wildman–Crippen LogP) is 10.4. The van der Waals surface area contributed by atoms with E-state index in [2.05, 4.69) is 20.8 Å². The molecule has 0 aliphatic heterocycles. The van der Waals surface area contributed by atoms with E-state index in [1.807, 2.05) is 32.9 Å². The summed E-state index contributed by atoms with van der Waals surface area (Å²) >= 11 is 3.64. The van der Waals surface area contributed by atoms with Gasteiger partial charge in [-0.15, -0.1) is 11.6 Å². The smallest absolute Gasteiger partial charge is 0.508 e. The summed E-state index contributed by atoms with van der Waals surface area (Å²) in [4.78, 5) is -2.15. The van der Waals surface area contributed by atoms with E-state index in [-0.39, 0.29) is 22.1 Å². The number of phenolic OH excluding ortho intramolecular Hbond substituents is 2. The molecule has 0 bridgehead atoms. The van der Waals surface area contributed by atoms with Gasteiger partial charge in [-0.05, 0) is 71.8 Å². The van der Waals surface area contributed by atoms with E-state index in [1.165, 1.54) is 17.7 Å². The van der Waals surface area contributed by atoms with Gasteiger partial charge in [0.25, 0.3) is 0 Å². The van der Waals surface area contributed by atoms with Crippen LogP contribution < -0.4 is 0 Å². The lowest BCUT2D eigenvalue weighted by atomic mass is 9.80. The molecule has 0 radical (unpaired) electrons. The molecule has 0 amide bonds. The average Bonchev–Trinajstić information content (AvgIpc) is 2.80. The highest BCUT2D eigenvalue weighted by Gasteiger charge is 2.21. The van der Waals surface area contributed by atoms with Gasteiger partial charge in [-0.2, -0.15) is 0 Å². The van der Waals surface area contributed by atoms with Gasteiger partial charge in [0, 0.05) is 21.3 Å². The van der Waals surface area contributed by atoms with Crippen molar-refractivity contribution in [1.82, 2.24) is 0 Å². The number of hydrogen-bond donors (Lipinski definition) is 2. The van der Waals surface area contributed by atoms with E-state index >= 15 is 0 Å². The van der Waals surface area contributed by atoms with E-state index in [9.17, 15) is 5.11 Å². The van der Waals surface area contributed by atoms with Crippen LogP contribution in [0.25, 0.3) is 0 Å². The minimum absolute atomic E-state index is 0.0603. The fourth-order valence-electron chi connectivity index (χ4n) is 2.36. The monoisotopic (exact) mass is 592 g/mol. The molecule has 0 fully saturated rings. The van der Waals surface area contributed by atoms with Crippen LogP contribution in [0.4, 0.5) is 0 Å². The van der Waals surface area contributed by atoms with Crippen molar-refractivity contribution in [2.75, 3.05) is 0 Å². The highest BCUT2D eigenvalue weighted by atomic mass is 35.8. The second kappa shape index (κ2) is 15.2. The maximum atomic E-state index is 10.1. The van der Waals surface area contributed by atoms with Gasteiger partial charge in [0.1, 0.15) is 11.5 Å².